The third-order valence-electron chi connectivity index (χ3n) is 3.75. The highest BCUT2D eigenvalue weighted by Crippen LogP contribution is 2.35. The Hall–Kier alpha value is -1.84. The molecular weight excluding hydrogens is 228 g/mol. The summed E-state index contributed by atoms with van der Waals surface area (Å²) in [6.07, 6.45) is 0.624. The molecule has 0 saturated carbocycles. The first-order chi connectivity index (χ1) is 8.59. The summed E-state index contributed by atoms with van der Waals surface area (Å²) in [5, 5.41) is 2.84. The van der Waals surface area contributed by atoms with Crippen molar-refractivity contribution in [2.24, 2.45) is 5.92 Å². The number of fused-ring (bicyclic) bond motifs is 3. The summed E-state index contributed by atoms with van der Waals surface area (Å²) in [5.74, 6) is 0.0826. The lowest BCUT2D eigenvalue weighted by Gasteiger charge is -2.36. The summed E-state index contributed by atoms with van der Waals surface area (Å²) in [5.41, 5.74) is 1.98. The van der Waals surface area contributed by atoms with Crippen LogP contribution in [0.25, 0.3) is 0 Å². The summed E-state index contributed by atoms with van der Waals surface area (Å²) < 4.78 is 0. The fourth-order valence-electron chi connectivity index (χ4n) is 2.78. The topological polar surface area (TPSA) is 49.4 Å². The van der Waals surface area contributed by atoms with Gasteiger partial charge in [0.1, 0.15) is 12.1 Å². The van der Waals surface area contributed by atoms with Crippen LogP contribution in [0, 0.1) is 5.92 Å². The highest BCUT2D eigenvalue weighted by atomic mass is 16.2. The molecule has 2 heterocycles. The van der Waals surface area contributed by atoms with Gasteiger partial charge in [0, 0.05) is 12.1 Å². The van der Waals surface area contributed by atoms with Crippen molar-refractivity contribution in [3.63, 3.8) is 0 Å². The number of rotatable bonds is 1. The third-order valence-corrected chi connectivity index (χ3v) is 3.75. The zero-order valence-electron chi connectivity index (χ0n) is 10.5. The van der Waals surface area contributed by atoms with E-state index in [1.807, 2.05) is 38.1 Å². The molecule has 4 nitrogen and oxygen atoms in total. The van der Waals surface area contributed by atoms with Crippen molar-refractivity contribution >= 4 is 17.5 Å². The molecule has 2 aliphatic rings. The summed E-state index contributed by atoms with van der Waals surface area (Å²) in [6, 6.07) is 7.00. The van der Waals surface area contributed by atoms with E-state index in [1.165, 1.54) is 0 Å². The number of benzene rings is 1. The monoisotopic (exact) mass is 244 g/mol. The molecule has 94 valence electrons. The van der Waals surface area contributed by atoms with E-state index in [9.17, 15) is 9.59 Å². The zero-order chi connectivity index (χ0) is 12.9. The second-order valence-electron chi connectivity index (χ2n) is 5.29. The molecule has 1 aromatic carbocycles. The average molecular weight is 244 g/mol. The van der Waals surface area contributed by atoms with E-state index in [2.05, 4.69) is 5.32 Å². The molecule has 1 N–H and O–H groups in total. The summed E-state index contributed by atoms with van der Waals surface area (Å²) in [4.78, 5) is 26.2. The lowest BCUT2D eigenvalue weighted by molar-refractivity contribution is -0.134. The van der Waals surface area contributed by atoms with Crippen molar-refractivity contribution in [3.05, 3.63) is 29.8 Å². The summed E-state index contributed by atoms with van der Waals surface area (Å²) in [6.45, 7) is 3.90. The number of hydrogen-bond acceptors (Lipinski definition) is 2. The minimum absolute atomic E-state index is 0.0135. The second-order valence-corrected chi connectivity index (χ2v) is 5.29. The van der Waals surface area contributed by atoms with Crippen molar-refractivity contribution < 1.29 is 9.59 Å². The SMILES string of the molecule is CC(C)[C@H]1NC(=O)[C@H]2Cc3ccccc3N2C1=O. The average Bonchev–Trinajstić information content (AvgIpc) is 2.73. The van der Waals surface area contributed by atoms with Gasteiger partial charge in [-0.05, 0) is 17.5 Å². The van der Waals surface area contributed by atoms with E-state index < -0.39 is 6.04 Å². The first-order valence-electron chi connectivity index (χ1n) is 6.31. The molecule has 0 unspecified atom stereocenters. The molecule has 2 aliphatic heterocycles. The number of nitrogens with one attached hydrogen (secondary N) is 1. The number of piperazine rings is 1. The Morgan fingerprint density at radius 2 is 2.00 bits per heavy atom. The van der Waals surface area contributed by atoms with Crippen molar-refractivity contribution in [2.75, 3.05) is 4.90 Å². The van der Waals surface area contributed by atoms with Crippen LogP contribution in [0.5, 0.6) is 0 Å². The number of amides is 2. The van der Waals surface area contributed by atoms with Crippen LogP contribution < -0.4 is 10.2 Å². The first-order valence-corrected chi connectivity index (χ1v) is 6.31. The van der Waals surface area contributed by atoms with E-state index in [1.54, 1.807) is 4.90 Å². The molecule has 18 heavy (non-hydrogen) atoms. The summed E-state index contributed by atoms with van der Waals surface area (Å²) >= 11 is 0. The predicted octanol–water partition coefficient (Wildman–Crippen LogP) is 1.10. The number of carbonyl (C=O) groups excluding carboxylic acids is 2. The van der Waals surface area contributed by atoms with Crippen LogP contribution in [0.4, 0.5) is 5.69 Å². The van der Waals surface area contributed by atoms with E-state index in [0.717, 1.165) is 11.3 Å². The lowest BCUT2D eigenvalue weighted by Crippen LogP contribution is -2.64. The quantitative estimate of drug-likeness (QED) is 0.804. The molecule has 4 heteroatoms. The van der Waals surface area contributed by atoms with Gasteiger partial charge in [0.05, 0.1) is 0 Å². The molecule has 2 atom stereocenters. The fourth-order valence-corrected chi connectivity index (χ4v) is 2.78. The fraction of sp³-hybridized carbons (Fsp3) is 0.429. The van der Waals surface area contributed by atoms with Crippen LogP contribution in [0.2, 0.25) is 0 Å². The predicted molar refractivity (Wildman–Crippen MR) is 68.2 cm³/mol. The van der Waals surface area contributed by atoms with Gasteiger partial charge in [-0.25, -0.2) is 0 Å². The van der Waals surface area contributed by atoms with Crippen LogP contribution in [-0.2, 0) is 16.0 Å². The summed E-state index contributed by atoms with van der Waals surface area (Å²) in [7, 11) is 0. The number of para-hydroxylation sites is 1. The lowest BCUT2D eigenvalue weighted by atomic mass is 9.98. The number of nitrogens with zero attached hydrogens (tertiary/aromatic N) is 1. The van der Waals surface area contributed by atoms with Crippen LogP contribution in [-0.4, -0.2) is 23.9 Å². The Morgan fingerprint density at radius 1 is 1.28 bits per heavy atom. The molecule has 0 spiro atoms. The van der Waals surface area contributed by atoms with E-state index in [0.29, 0.717) is 6.42 Å². The van der Waals surface area contributed by atoms with Gasteiger partial charge in [0.2, 0.25) is 5.91 Å². The van der Waals surface area contributed by atoms with E-state index in [4.69, 9.17) is 0 Å². The highest BCUT2D eigenvalue weighted by molar-refractivity contribution is 6.10. The van der Waals surface area contributed by atoms with Gasteiger partial charge < -0.3 is 5.32 Å². The Bertz CT molecular complexity index is 524. The van der Waals surface area contributed by atoms with Gasteiger partial charge in [-0.15, -0.1) is 0 Å². The number of carbonyl (C=O) groups is 2. The second kappa shape index (κ2) is 3.83. The Kier molecular flexibility index (Phi) is 2.40. The van der Waals surface area contributed by atoms with Crippen LogP contribution in [0.15, 0.2) is 24.3 Å². The normalized spacial score (nSPS) is 26.1. The maximum Gasteiger partial charge on any atom is 0.250 e. The van der Waals surface area contributed by atoms with Crippen LogP contribution >= 0.6 is 0 Å². The molecule has 0 aliphatic carbocycles. The standard InChI is InChI=1S/C14H16N2O2/c1-8(2)12-14(18)16-10-6-4-3-5-9(10)7-11(16)13(17)15-12/h3-6,8,11-12H,7H2,1-2H3,(H,15,17)/t11-,12-/m1/s1. The number of anilines is 1. The molecule has 0 aromatic heterocycles. The van der Waals surface area contributed by atoms with Crippen LogP contribution in [0.3, 0.4) is 0 Å². The maximum absolute atomic E-state index is 12.5. The van der Waals surface area contributed by atoms with E-state index in [-0.39, 0.29) is 23.8 Å². The maximum atomic E-state index is 12.5. The molecular formula is C14H16N2O2. The molecule has 2 amide bonds. The minimum Gasteiger partial charge on any atom is -0.342 e. The van der Waals surface area contributed by atoms with Gasteiger partial charge in [0.25, 0.3) is 5.91 Å². The van der Waals surface area contributed by atoms with Gasteiger partial charge in [0.15, 0.2) is 0 Å². The first kappa shape index (κ1) is 11.3. The third kappa shape index (κ3) is 1.45. The Labute approximate surface area is 106 Å². The number of hydrogen-bond donors (Lipinski definition) is 1. The molecule has 1 saturated heterocycles. The Morgan fingerprint density at radius 3 is 2.72 bits per heavy atom. The molecule has 1 fully saturated rings. The highest BCUT2D eigenvalue weighted by Gasteiger charge is 2.46. The Balaban J connectivity index is 2.04. The molecule has 0 bridgehead atoms. The van der Waals surface area contributed by atoms with Crippen molar-refractivity contribution in [1.29, 1.82) is 0 Å². The van der Waals surface area contributed by atoms with Crippen molar-refractivity contribution in [1.82, 2.24) is 5.32 Å². The zero-order valence-corrected chi connectivity index (χ0v) is 10.5. The van der Waals surface area contributed by atoms with Crippen LogP contribution in [0.1, 0.15) is 19.4 Å². The van der Waals surface area contributed by atoms with Crippen molar-refractivity contribution in [3.8, 4) is 0 Å². The largest absolute Gasteiger partial charge is 0.342 e. The minimum atomic E-state index is -0.403. The van der Waals surface area contributed by atoms with Gasteiger partial charge in [-0.2, -0.15) is 0 Å². The van der Waals surface area contributed by atoms with Gasteiger partial charge in [-0.1, -0.05) is 32.0 Å². The smallest absolute Gasteiger partial charge is 0.250 e. The van der Waals surface area contributed by atoms with Gasteiger partial charge >= 0.3 is 0 Å². The molecule has 0 radical (unpaired) electrons. The van der Waals surface area contributed by atoms with E-state index >= 15 is 0 Å². The van der Waals surface area contributed by atoms with Gasteiger partial charge in [-0.3, -0.25) is 14.5 Å². The van der Waals surface area contributed by atoms with Crippen molar-refractivity contribution in [2.45, 2.75) is 32.4 Å². The molecule has 1 aromatic rings. The molecule has 3 rings (SSSR count).